The summed E-state index contributed by atoms with van der Waals surface area (Å²) in [6.07, 6.45) is 1.43. The summed E-state index contributed by atoms with van der Waals surface area (Å²) in [6.45, 7) is 0. The molecule has 0 aliphatic rings. The van der Waals surface area contributed by atoms with Gasteiger partial charge in [-0.3, -0.25) is 5.10 Å². The Kier molecular flexibility index (Phi) is 2.98. The van der Waals surface area contributed by atoms with Crippen molar-refractivity contribution in [3.8, 4) is 0 Å². The first-order valence-electron chi connectivity index (χ1n) is 1.51. The summed E-state index contributed by atoms with van der Waals surface area (Å²) in [5.74, 6) is 0.287. The Balaban J connectivity index is 0.000000360. The molecule has 0 spiro atoms. The molecule has 0 fully saturated rings. The van der Waals surface area contributed by atoms with E-state index in [4.69, 9.17) is 5.73 Å². The molecule has 1 rings (SSSR count). The fourth-order valence-electron chi connectivity index (χ4n) is 0.219. The number of aromatic amines is 1. The average Bonchev–Trinajstić information content (AvgIpc) is 1.86. The number of nitrogen functional groups attached to an aromatic ring is 1. The van der Waals surface area contributed by atoms with Crippen LogP contribution in [0.3, 0.4) is 0 Å². The minimum atomic E-state index is 0. The maximum absolute atomic E-state index is 5.02. The van der Waals surface area contributed by atoms with Gasteiger partial charge in [0.15, 0.2) is 0 Å². The Morgan fingerprint density at radius 2 is 2.43 bits per heavy atom. The van der Waals surface area contributed by atoms with Crippen molar-refractivity contribution >= 4 is 35.5 Å². The number of anilines is 1. The standard InChI is InChI=1S/C2H4N4.Na.H/c3-2-4-1-5-6-2;;/h1H,(H3,3,4,5,6);;. The van der Waals surface area contributed by atoms with Crippen molar-refractivity contribution < 1.29 is 0 Å². The zero-order chi connectivity index (χ0) is 4.41. The third-order valence-electron chi connectivity index (χ3n) is 0.434. The van der Waals surface area contributed by atoms with Gasteiger partial charge in [-0.1, -0.05) is 0 Å². The van der Waals surface area contributed by atoms with E-state index in [1.807, 2.05) is 0 Å². The van der Waals surface area contributed by atoms with Crippen LogP contribution in [0.1, 0.15) is 0 Å². The summed E-state index contributed by atoms with van der Waals surface area (Å²) in [7, 11) is 0. The van der Waals surface area contributed by atoms with Crippen LogP contribution in [0.25, 0.3) is 0 Å². The molecular formula is C2H5N4Na. The molecule has 7 heavy (non-hydrogen) atoms. The van der Waals surface area contributed by atoms with Crippen LogP contribution in [-0.4, -0.2) is 44.7 Å². The summed E-state index contributed by atoms with van der Waals surface area (Å²) in [6, 6.07) is 0. The molecule has 0 radical (unpaired) electrons. The Morgan fingerprint density at radius 3 is 2.57 bits per heavy atom. The summed E-state index contributed by atoms with van der Waals surface area (Å²) in [4.78, 5) is 3.53. The molecule has 0 amide bonds. The Labute approximate surface area is 62.8 Å². The summed E-state index contributed by atoms with van der Waals surface area (Å²) in [5.41, 5.74) is 5.02. The van der Waals surface area contributed by atoms with Crippen molar-refractivity contribution in [2.24, 2.45) is 0 Å². The third-order valence-corrected chi connectivity index (χ3v) is 0.434. The van der Waals surface area contributed by atoms with Gasteiger partial charge >= 0.3 is 29.6 Å². The van der Waals surface area contributed by atoms with E-state index in [2.05, 4.69) is 15.2 Å². The molecule has 0 unspecified atom stereocenters. The molecule has 0 aliphatic carbocycles. The quantitative estimate of drug-likeness (QED) is 0.407. The van der Waals surface area contributed by atoms with Crippen molar-refractivity contribution in [1.82, 2.24) is 15.2 Å². The molecular weight excluding hydrogens is 103 g/mol. The second kappa shape index (κ2) is 3.01. The van der Waals surface area contributed by atoms with E-state index in [0.717, 1.165) is 0 Å². The van der Waals surface area contributed by atoms with Crippen LogP contribution < -0.4 is 5.73 Å². The molecule has 0 atom stereocenters. The molecule has 34 valence electrons. The van der Waals surface area contributed by atoms with Crippen LogP contribution in [0, 0.1) is 0 Å². The first kappa shape index (κ1) is 6.94. The Bertz CT molecular complexity index is 113. The number of nitrogens with one attached hydrogen (secondary N) is 1. The van der Waals surface area contributed by atoms with Crippen LogP contribution in [0.2, 0.25) is 0 Å². The molecule has 1 heterocycles. The maximum atomic E-state index is 5.02. The van der Waals surface area contributed by atoms with Crippen molar-refractivity contribution in [3.05, 3.63) is 6.33 Å². The van der Waals surface area contributed by atoms with Crippen molar-refractivity contribution in [2.75, 3.05) is 5.73 Å². The van der Waals surface area contributed by atoms with Crippen LogP contribution in [0.5, 0.6) is 0 Å². The Hall–Kier alpha value is -0.0600. The van der Waals surface area contributed by atoms with Crippen LogP contribution in [0.4, 0.5) is 5.95 Å². The first-order valence-corrected chi connectivity index (χ1v) is 1.51. The molecule has 0 saturated heterocycles. The second-order valence-electron chi connectivity index (χ2n) is 0.857. The van der Waals surface area contributed by atoms with E-state index in [1.165, 1.54) is 6.33 Å². The molecule has 0 saturated carbocycles. The van der Waals surface area contributed by atoms with E-state index in [0.29, 0.717) is 0 Å². The number of hydrogen-bond donors (Lipinski definition) is 2. The SMILES string of the molecule is Nc1nc[nH]n1.[NaH]. The number of hydrogen-bond acceptors (Lipinski definition) is 3. The topological polar surface area (TPSA) is 67.6 Å². The van der Waals surface area contributed by atoms with Gasteiger partial charge in [0.05, 0.1) is 0 Å². The van der Waals surface area contributed by atoms with Gasteiger partial charge in [-0.05, 0) is 0 Å². The average molecular weight is 108 g/mol. The van der Waals surface area contributed by atoms with Gasteiger partial charge in [-0.2, -0.15) is 0 Å². The monoisotopic (exact) mass is 108 g/mol. The van der Waals surface area contributed by atoms with Gasteiger partial charge in [0.25, 0.3) is 0 Å². The van der Waals surface area contributed by atoms with Gasteiger partial charge in [-0.15, -0.1) is 5.10 Å². The van der Waals surface area contributed by atoms with E-state index in [-0.39, 0.29) is 35.5 Å². The zero-order valence-electron chi connectivity index (χ0n) is 3.05. The number of rotatable bonds is 0. The molecule has 0 bridgehead atoms. The minimum absolute atomic E-state index is 0. The predicted octanol–water partition coefficient (Wildman–Crippen LogP) is -1.26. The zero-order valence-corrected chi connectivity index (χ0v) is 3.05. The van der Waals surface area contributed by atoms with Crippen molar-refractivity contribution in [3.63, 3.8) is 0 Å². The fourth-order valence-corrected chi connectivity index (χ4v) is 0.219. The van der Waals surface area contributed by atoms with E-state index in [1.54, 1.807) is 0 Å². The molecule has 4 nitrogen and oxygen atoms in total. The van der Waals surface area contributed by atoms with Gasteiger partial charge in [0.1, 0.15) is 6.33 Å². The molecule has 1 aromatic heterocycles. The van der Waals surface area contributed by atoms with Crippen LogP contribution in [0.15, 0.2) is 6.33 Å². The summed E-state index contributed by atoms with van der Waals surface area (Å²) < 4.78 is 0. The van der Waals surface area contributed by atoms with Crippen molar-refractivity contribution in [1.29, 1.82) is 0 Å². The van der Waals surface area contributed by atoms with Gasteiger partial charge < -0.3 is 5.73 Å². The predicted molar refractivity (Wildman–Crippen MR) is 27.9 cm³/mol. The van der Waals surface area contributed by atoms with E-state index >= 15 is 0 Å². The van der Waals surface area contributed by atoms with Crippen molar-refractivity contribution in [2.45, 2.75) is 0 Å². The number of aromatic nitrogens is 3. The normalized spacial score (nSPS) is 7.43. The first-order chi connectivity index (χ1) is 2.89. The molecule has 0 aromatic carbocycles. The molecule has 0 aliphatic heterocycles. The number of H-pyrrole nitrogens is 1. The summed E-state index contributed by atoms with van der Waals surface area (Å²) in [5, 5.41) is 5.90. The third kappa shape index (κ3) is 1.91. The fraction of sp³-hybridized carbons (Fsp3) is 0. The van der Waals surface area contributed by atoms with E-state index in [9.17, 15) is 0 Å². The summed E-state index contributed by atoms with van der Waals surface area (Å²) >= 11 is 0. The van der Waals surface area contributed by atoms with Gasteiger partial charge in [0, 0.05) is 0 Å². The molecule has 3 N–H and O–H groups in total. The van der Waals surface area contributed by atoms with Crippen LogP contribution in [-0.2, 0) is 0 Å². The second-order valence-corrected chi connectivity index (χ2v) is 0.857. The number of nitrogens with zero attached hydrogens (tertiary/aromatic N) is 2. The van der Waals surface area contributed by atoms with Crippen LogP contribution >= 0.6 is 0 Å². The van der Waals surface area contributed by atoms with Gasteiger partial charge in [-0.25, -0.2) is 4.98 Å². The Morgan fingerprint density at radius 1 is 1.71 bits per heavy atom. The molecule has 5 heteroatoms. The van der Waals surface area contributed by atoms with Gasteiger partial charge in [0.2, 0.25) is 5.95 Å². The van der Waals surface area contributed by atoms with E-state index < -0.39 is 0 Å². The molecule has 1 aromatic rings. The number of nitrogens with two attached hydrogens (primary N) is 1.